The van der Waals surface area contributed by atoms with Crippen molar-refractivity contribution in [2.75, 3.05) is 11.6 Å². The summed E-state index contributed by atoms with van der Waals surface area (Å²) in [6, 6.07) is 11.1. The van der Waals surface area contributed by atoms with Gasteiger partial charge in [0.2, 0.25) is 0 Å². The third-order valence-corrected chi connectivity index (χ3v) is 3.43. The lowest BCUT2D eigenvalue weighted by Gasteiger charge is -2.11. The molecule has 0 fully saturated rings. The Labute approximate surface area is 115 Å². The number of carboxylic acid groups (broad SMARTS) is 1. The fraction of sp³-hybridized carbons (Fsp3) is 0.143. The van der Waals surface area contributed by atoms with E-state index in [4.69, 9.17) is 0 Å². The van der Waals surface area contributed by atoms with E-state index in [0.29, 0.717) is 17.8 Å². The fourth-order valence-electron chi connectivity index (χ4n) is 1.76. The van der Waals surface area contributed by atoms with Crippen LogP contribution in [0.25, 0.3) is 0 Å². The minimum absolute atomic E-state index is 0.311. The van der Waals surface area contributed by atoms with Crippen molar-refractivity contribution >= 4 is 23.4 Å². The highest BCUT2D eigenvalue weighted by Crippen LogP contribution is 2.27. The minimum atomic E-state index is -0.923. The van der Waals surface area contributed by atoms with Crippen molar-refractivity contribution in [3.63, 3.8) is 0 Å². The van der Waals surface area contributed by atoms with E-state index in [9.17, 15) is 9.90 Å². The third kappa shape index (κ3) is 3.26. The second kappa shape index (κ2) is 6.24. The molecule has 0 unspecified atom stereocenters. The van der Waals surface area contributed by atoms with E-state index < -0.39 is 5.97 Å². The summed E-state index contributed by atoms with van der Waals surface area (Å²) in [5.41, 5.74) is 1.80. The van der Waals surface area contributed by atoms with Crippen LogP contribution >= 0.6 is 11.8 Å². The third-order valence-electron chi connectivity index (χ3n) is 2.65. The quantitative estimate of drug-likeness (QED) is 0.820. The smallest absolute Gasteiger partial charge is 0.338 e. The Balaban J connectivity index is 2.23. The summed E-state index contributed by atoms with van der Waals surface area (Å²) < 4.78 is 0. The first-order valence-corrected chi connectivity index (χ1v) is 6.99. The van der Waals surface area contributed by atoms with E-state index in [0.717, 1.165) is 10.6 Å². The lowest BCUT2D eigenvalue weighted by atomic mass is 10.1. The van der Waals surface area contributed by atoms with Crippen molar-refractivity contribution in [2.24, 2.45) is 0 Å². The van der Waals surface area contributed by atoms with Gasteiger partial charge in [-0.1, -0.05) is 12.1 Å². The summed E-state index contributed by atoms with van der Waals surface area (Å²) in [5, 5.41) is 12.4. The lowest BCUT2D eigenvalue weighted by Crippen LogP contribution is -2.08. The number of carbonyl (C=O) groups is 1. The van der Waals surface area contributed by atoms with Crippen LogP contribution in [0.4, 0.5) is 5.69 Å². The van der Waals surface area contributed by atoms with Crippen LogP contribution in [0, 0.1) is 0 Å². The monoisotopic (exact) mass is 274 g/mol. The van der Waals surface area contributed by atoms with E-state index >= 15 is 0 Å². The van der Waals surface area contributed by atoms with Crippen LogP contribution in [-0.4, -0.2) is 22.3 Å². The number of rotatable bonds is 5. The van der Waals surface area contributed by atoms with Gasteiger partial charge in [0.25, 0.3) is 0 Å². The van der Waals surface area contributed by atoms with Crippen LogP contribution < -0.4 is 5.32 Å². The number of thioether (sulfide) groups is 1. The topological polar surface area (TPSA) is 62.2 Å². The maximum Gasteiger partial charge on any atom is 0.338 e. The number of aromatic carboxylic acids is 1. The van der Waals surface area contributed by atoms with E-state index in [-0.39, 0.29) is 0 Å². The van der Waals surface area contributed by atoms with Gasteiger partial charge < -0.3 is 10.4 Å². The van der Waals surface area contributed by atoms with E-state index in [1.54, 1.807) is 18.3 Å². The van der Waals surface area contributed by atoms with Gasteiger partial charge in [-0.15, -0.1) is 11.8 Å². The zero-order valence-electron chi connectivity index (χ0n) is 10.5. The first-order valence-electron chi connectivity index (χ1n) is 5.76. The second-order valence-electron chi connectivity index (χ2n) is 3.86. The zero-order valence-corrected chi connectivity index (χ0v) is 11.3. The normalized spacial score (nSPS) is 10.2. The molecule has 0 saturated carbocycles. The SMILES string of the molecule is CSc1cccc(NCc2ccccn2)c1C(=O)O. The molecule has 0 aliphatic carbocycles. The highest BCUT2D eigenvalue weighted by molar-refractivity contribution is 7.98. The standard InChI is InChI=1S/C14H14N2O2S/c1-19-12-7-4-6-11(13(12)14(17)18)16-9-10-5-2-3-8-15-10/h2-8,16H,9H2,1H3,(H,17,18). The van der Waals surface area contributed by atoms with Crippen LogP contribution in [0.5, 0.6) is 0 Å². The molecule has 19 heavy (non-hydrogen) atoms. The average molecular weight is 274 g/mol. The Kier molecular flexibility index (Phi) is 4.41. The number of pyridine rings is 1. The van der Waals surface area contributed by atoms with Crippen LogP contribution in [0.1, 0.15) is 16.1 Å². The van der Waals surface area contributed by atoms with Gasteiger partial charge in [-0.2, -0.15) is 0 Å². The number of carboxylic acids is 1. The van der Waals surface area contributed by atoms with Gasteiger partial charge in [0.15, 0.2) is 0 Å². The molecule has 1 heterocycles. The van der Waals surface area contributed by atoms with Gasteiger partial charge in [0.1, 0.15) is 0 Å². The Hall–Kier alpha value is -2.01. The molecule has 0 radical (unpaired) electrons. The second-order valence-corrected chi connectivity index (χ2v) is 4.71. The molecule has 0 spiro atoms. The van der Waals surface area contributed by atoms with Gasteiger partial charge in [-0.25, -0.2) is 4.79 Å². The summed E-state index contributed by atoms with van der Waals surface area (Å²) in [6.07, 6.45) is 3.58. The highest BCUT2D eigenvalue weighted by Gasteiger charge is 2.14. The molecule has 0 saturated heterocycles. The Morgan fingerprint density at radius 2 is 2.16 bits per heavy atom. The molecule has 5 heteroatoms. The Morgan fingerprint density at radius 3 is 2.79 bits per heavy atom. The number of anilines is 1. The van der Waals surface area contributed by atoms with E-state index in [1.165, 1.54) is 11.8 Å². The maximum absolute atomic E-state index is 11.3. The molecule has 0 amide bonds. The molecule has 1 aromatic heterocycles. The molecule has 98 valence electrons. The van der Waals surface area contributed by atoms with Gasteiger partial charge >= 0.3 is 5.97 Å². The van der Waals surface area contributed by atoms with Gasteiger partial charge in [-0.3, -0.25) is 4.98 Å². The molecule has 0 aliphatic rings. The van der Waals surface area contributed by atoms with E-state index in [1.807, 2.05) is 30.5 Å². The van der Waals surface area contributed by atoms with Crippen molar-refractivity contribution in [1.29, 1.82) is 0 Å². The summed E-state index contributed by atoms with van der Waals surface area (Å²) in [6.45, 7) is 0.499. The van der Waals surface area contributed by atoms with Crippen molar-refractivity contribution in [3.8, 4) is 0 Å². The largest absolute Gasteiger partial charge is 0.478 e. The van der Waals surface area contributed by atoms with Crippen LogP contribution in [0.3, 0.4) is 0 Å². The molecular weight excluding hydrogens is 260 g/mol. The molecular formula is C14H14N2O2S. The lowest BCUT2D eigenvalue weighted by molar-refractivity contribution is 0.0694. The number of hydrogen-bond acceptors (Lipinski definition) is 4. The summed E-state index contributed by atoms with van der Waals surface area (Å²) in [5.74, 6) is -0.923. The summed E-state index contributed by atoms with van der Waals surface area (Å²) >= 11 is 1.42. The molecule has 2 N–H and O–H groups in total. The molecule has 0 aliphatic heterocycles. The first kappa shape index (κ1) is 13.4. The van der Waals surface area contributed by atoms with Crippen molar-refractivity contribution in [1.82, 2.24) is 4.98 Å². The molecule has 4 nitrogen and oxygen atoms in total. The number of aromatic nitrogens is 1. The average Bonchev–Trinajstić information content (AvgIpc) is 2.45. The molecule has 0 atom stereocenters. The van der Waals surface area contributed by atoms with Crippen molar-refractivity contribution in [3.05, 3.63) is 53.9 Å². The number of nitrogens with zero attached hydrogens (tertiary/aromatic N) is 1. The Morgan fingerprint density at radius 1 is 1.32 bits per heavy atom. The van der Waals surface area contributed by atoms with E-state index in [2.05, 4.69) is 10.3 Å². The van der Waals surface area contributed by atoms with Gasteiger partial charge in [-0.05, 0) is 30.5 Å². The Bertz CT molecular complexity index is 573. The van der Waals surface area contributed by atoms with Crippen LogP contribution in [0.2, 0.25) is 0 Å². The predicted octanol–water partition coefficient (Wildman–Crippen LogP) is 3.11. The molecule has 1 aromatic carbocycles. The van der Waals surface area contributed by atoms with Gasteiger partial charge in [0, 0.05) is 11.1 Å². The molecule has 2 rings (SSSR count). The highest BCUT2D eigenvalue weighted by atomic mass is 32.2. The maximum atomic E-state index is 11.3. The van der Waals surface area contributed by atoms with Crippen LogP contribution in [0.15, 0.2) is 47.5 Å². The summed E-state index contributed by atoms with van der Waals surface area (Å²) in [7, 11) is 0. The van der Waals surface area contributed by atoms with Gasteiger partial charge in [0.05, 0.1) is 23.5 Å². The van der Waals surface area contributed by atoms with Crippen molar-refractivity contribution in [2.45, 2.75) is 11.4 Å². The fourth-order valence-corrected chi connectivity index (χ4v) is 2.37. The predicted molar refractivity (Wildman–Crippen MR) is 76.7 cm³/mol. The number of hydrogen-bond donors (Lipinski definition) is 2. The minimum Gasteiger partial charge on any atom is -0.478 e. The first-order chi connectivity index (χ1) is 9.22. The molecule has 0 bridgehead atoms. The summed E-state index contributed by atoms with van der Waals surface area (Å²) in [4.78, 5) is 16.3. The number of nitrogens with one attached hydrogen (secondary N) is 1. The van der Waals surface area contributed by atoms with Crippen molar-refractivity contribution < 1.29 is 9.90 Å². The zero-order chi connectivity index (χ0) is 13.7. The van der Waals surface area contributed by atoms with Crippen LogP contribution in [-0.2, 0) is 6.54 Å². The number of benzene rings is 1. The molecule has 2 aromatic rings.